The maximum absolute atomic E-state index is 11.9. The fraction of sp³-hybridized carbons (Fsp3) is 0.417. The standard InChI is InChI=1S/C12H13N3O4/c16-10-5-9(7-1-3-19-4-2-7)14-11-8(12(17)18)6-13-15(10)11/h5-7,13H,1-4H2,(H,17,18). The van der Waals surface area contributed by atoms with Crippen LogP contribution in [-0.4, -0.2) is 38.9 Å². The zero-order valence-electron chi connectivity index (χ0n) is 10.1. The van der Waals surface area contributed by atoms with Crippen LogP contribution in [0.15, 0.2) is 17.1 Å². The minimum atomic E-state index is -1.10. The summed E-state index contributed by atoms with van der Waals surface area (Å²) in [6.45, 7) is 1.29. The number of nitrogens with zero attached hydrogens (tertiary/aromatic N) is 2. The fourth-order valence-corrected chi connectivity index (χ4v) is 2.36. The van der Waals surface area contributed by atoms with E-state index in [9.17, 15) is 9.59 Å². The molecule has 7 nitrogen and oxygen atoms in total. The van der Waals surface area contributed by atoms with Crippen molar-refractivity contribution in [1.29, 1.82) is 0 Å². The maximum Gasteiger partial charge on any atom is 0.341 e. The Labute approximate surface area is 107 Å². The van der Waals surface area contributed by atoms with Crippen molar-refractivity contribution in [3.05, 3.63) is 33.9 Å². The number of H-pyrrole nitrogens is 1. The van der Waals surface area contributed by atoms with E-state index < -0.39 is 5.97 Å². The molecular formula is C12H13N3O4. The summed E-state index contributed by atoms with van der Waals surface area (Å²) < 4.78 is 6.42. The third kappa shape index (κ3) is 2.01. The molecule has 19 heavy (non-hydrogen) atoms. The normalized spacial score (nSPS) is 16.8. The second-order valence-corrected chi connectivity index (χ2v) is 4.56. The first-order chi connectivity index (χ1) is 9.16. The molecule has 3 heterocycles. The molecule has 0 atom stereocenters. The van der Waals surface area contributed by atoms with E-state index in [2.05, 4.69) is 10.1 Å². The van der Waals surface area contributed by atoms with E-state index in [1.807, 2.05) is 0 Å². The minimum Gasteiger partial charge on any atom is -0.477 e. The number of hydrogen-bond acceptors (Lipinski definition) is 4. The lowest BCUT2D eigenvalue weighted by Crippen LogP contribution is -2.21. The zero-order chi connectivity index (χ0) is 13.4. The quantitative estimate of drug-likeness (QED) is 0.827. The van der Waals surface area contributed by atoms with Crippen LogP contribution in [0.3, 0.4) is 0 Å². The van der Waals surface area contributed by atoms with Gasteiger partial charge < -0.3 is 9.84 Å². The van der Waals surface area contributed by atoms with Crippen LogP contribution < -0.4 is 5.56 Å². The Morgan fingerprint density at radius 3 is 2.89 bits per heavy atom. The van der Waals surface area contributed by atoms with Gasteiger partial charge in [-0.15, -0.1) is 0 Å². The van der Waals surface area contributed by atoms with E-state index in [0.29, 0.717) is 18.9 Å². The van der Waals surface area contributed by atoms with Crippen molar-refractivity contribution in [2.75, 3.05) is 13.2 Å². The van der Waals surface area contributed by atoms with Crippen molar-refractivity contribution in [2.24, 2.45) is 0 Å². The van der Waals surface area contributed by atoms with E-state index in [1.165, 1.54) is 12.3 Å². The Balaban J connectivity index is 2.13. The van der Waals surface area contributed by atoms with Gasteiger partial charge >= 0.3 is 5.97 Å². The molecule has 0 aromatic carbocycles. The van der Waals surface area contributed by atoms with E-state index >= 15 is 0 Å². The van der Waals surface area contributed by atoms with Crippen molar-refractivity contribution in [3.8, 4) is 0 Å². The van der Waals surface area contributed by atoms with Crippen LogP contribution in [0.1, 0.15) is 34.8 Å². The van der Waals surface area contributed by atoms with Gasteiger partial charge in [-0.2, -0.15) is 0 Å². The lowest BCUT2D eigenvalue weighted by molar-refractivity contribution is 0.0698. The van der Waals surface area contributed by atoms with Gasteiger partial charge in [-0.05, 0) is 12.8 Å². The lowest BCUT2D eigenvalue weighted by Gasteiger charge is -2.21. The molecule has 2 aromatic heterocycles. The highest BCUT2D eigenvalue weighted by Gasteiger charge is 2.21. The highest BCUT2D eigenvalue weighted by atomic mass is 16.5. The third-order valence-electron chi connectivity index (χ3n) is 3.39. The van der Waals surface area contributed by atoms with Crippen molar-refractivity contribution in [3.63, 3.8) is 0 Å². The molecule has 0 bridgehead atoms. The van der Waals surface area contributed by atoms with Crippen LogP contribution in [0.5, 0.6) is 0 Å². The molecule has 1 aliphatic heterocycles. The first-order valence-corrected chi connectivity index (χ1v) is 6.09. The van der Waals surface area contributed by atoms with Crippen LogP contribution in [0.4, 0.5) is 0 Å². The van der Waals surface area contributed by atoms with Gasteiger partial charge in [0.2, 0.25) is 0 Å². The van der Waals surface area contributed by atoms with Gasteiger partial charge in [0.05, 0.1) is 5.69 Å². The molecule has 1 fully saturated rings. The van der Waals surface area contributed by atoms with Crippen LogP contribution in [0.25, 0.3) is 5.65 Å². The van der Waals surface area contributed by atoms with E-state index in [-0.39, 0.29) is 22.7 Å². The molecule has 0 unspecified atom stereocenters. The summed E-state index contributed by atoms with van der Waals surface area (Å²) in [4.78, 5) is 27.4. The SMILES string of the molecule is O=C(O)c1c[nH]n2c(=O)cc(C3CCOCC3)nc12. The third-order valence-corrected chi connectivity index (χ3v) is 3.39. The summed E-state index contributed by atoms with van der Waals surface area (Å²) in [7, 11) is 0. The number of carbonyl (C=O) groups is 1. The molecule has 2 aromatic rings. The van der Waals surface area contributed by atoms with E-state index in [0.717, 1.165) is 17.4 Å². The van der Waals surface area contributed by atoms with Gasteiger partial charge in [0.25, 0.3) is 5.56 Å². The minimum absolute atomic E-state index is 0.00556. The Morgan fingerprint density at radius 1 is 1.47 bits per heavy atom. The molecule has 2 N–H and O–H groups in total. The number of hydrogen-bond donors (Lipinski definition) is 2. The van der Waals surface area contributed by atoms with Gasteiger partial charge in [-0.25, -0.2) is 14.3 Å². The molecular weight excluding hydrogens is 250 g/mol. The summed E-state index contributed by atoms with van der Waals surface area (Å²) in [5, 5.41) is 11.7. The summed E-state index contributed by atoms with van der Waals surface area (Å²) in [5.41, 5.74) is 0.530. The Morgan fingerprint density at radius 2 is 2.21 bits per heavy atom. The lowest BCUT2D eigenvalue weighted by atomic mass is 9.96. The molecule has 0 aliphatic carbocycles. The molecule has 0 saturated carbocycles. The van der Waals surface area contributed by atoms with Gasteiger partial charge in [0.15, 0.2) is 5.65 Å². The summed E-state index contributed by atoms with van der Waals surface area (Å²) in [6.07, 6.45) is 2.88. The number of ether oxygens (including phenoxy) is 1. The monoisotopic (exact) mass is 263 g/mol. The average Bonchev–Trinajstić information content (AvgIpc) is 2.84. The number of nitrogens with one attached hydrogen (secondary N) is 1. The number of rotatable bonds is 2. The first-order valence-electron chi connectivity index (χ1n) is 6.09. The molecule has 100 valence electrons. The zero-order valence-corrected chi connectivity index (χ0v) is 10.1. The topological polar surface area (TPSA) is 96.7 Å². The van der Waals surface area contributed by atoms with Crippen LogP contribution in [0.2, 0.25) is 0 Å². The number of aromatic carboxylic acids is 1. The number of fused-ring (bicyclic) bond motifs is 1. The van der Waals surface area contributed by atoms with Crippen LogP contribution in [-0.2, 0) is 4.74 Å². The molecule has 1 saturated heterocycles. The predicted octanol–water partition coefficient (Wildman–Crippen LogP) is 0.615. The summed E-state index contributed by atoms with van der Waals surface area (Å²) in [5.74, 6) is -0.947. The second kappa shape index (κ2) is 4.51. The van der Waals surface area contributed by atoms with E-state index in [1.54, 1.807) is 0 Å². The van der Waals surface area contributed by atoms with Crippen molar-refractivity contribution >= 4 is 11.6 Å². The Bertz CT molecular complexity index is 682. The molecule has 0 spiro atoms. The highest BCUT2D eigenvalue weighted by molar-refractivity contribution is 5.94. The van der Waals surface area contributed by atoms with Crippen LogP contribution in [0, 0.1) is 0 Å². The van der Waals surface area contributed by atoms with Gasteiger partial charge in [-0.1, -0.05) is 0 Å². The smallest absolute Gasteiger partial charge is 0.341 e. The largest absolute Gasteiger partial charge is 0.477 e. The fourth-order valence-electron chi connectivity index (χ4n) is 2.36. The summed E-state index contributed by atoms with van der Waals surface area (Å²) in [6, 6.07) is 1.46. The molecule has 7 heteroatoms. The molecule has 0 amide bonds. The van der Waals surface area contributed by atoms with E-state index in [4.69, 9.17) is 9.84 Å². The number of aromatic nitrogens is 3. The Kier molecular flexibility index (Phi) is 2.83. The molecule has 1 aliphatic rings. The van der Waals surface area contributed by atoms with Gasteiger partial charge in [0.1, 0.15) is 5.56 Å². The first kappa shape index (κ1) is 11.9. The second-order valence-electron chi connectivity index (χ2n) is 4.56. The van der Waals surface area contributed by atoms with Crippen molar-refractivity contribution in [2.45, 2.75) is 18.8 Å². The van der Waals surface area contributed by atoms with Crippen molar-refractivity contribution in [1.82, 2.24) is 14.6 Å². The molecule has 0 radical (unpaired) electrons. The molecule has 3 rings (SSSR count). The Hall–Kier alpha value is -2.15. The summed E-state index contributed by atoms with van der Waals surface area (Å²) >= 11 is 0. The van der Waals surface area contributed by atoms with Gasteiger partial charge in [0, 0.05) is 31.4 Å². The van der Waals surface area contributed by atoms with Crippen LogP contribution >= 0.6 is 0 Å². The highest BCUT2D eigenvalue weighted by Crippen LogP contribution is 2.25. The number of carboxylic acid groups (broad SMARTS) is 1. The number of aromatic amines is 1. The number of carboxylic acids is 1. The maximum atomic E-state index is 11.9. The average molecular weight is 263 g/mol. The van der Waals surface area contributed by atoms with Gasteiger partial charge in [-0.3, -0.25) is 9.89 Å². The van der Waals surface area contributed by atoms with Crippen molar-refractivity contribution < 1.29 is 14.6 Å². The predicted molar refractivity (Wildman–Crippen MR) is 65.6 cm³/mol.